The summed E-state index contributed by atoms with van der Waals surface area (Å²) in [5, 5.41) is 39.1. The van der Waals surface area contributed by atoms with Crippen molar-refractivity contribution in [2.45, 2.75) is 326 Å². The van der Waals surface area contributed by atoms with Crippen molar-refractivity contribution in [3.63, 3.8) is 0 Å². The third kappa shape index (κ3) is 22.9. The van der Waals surface area contributed by atoms with Crippen LogP contribution in [0, 0.1) is 23.7 Å². The molecule has 0 spiro atoms. The largest absolute Gasteiger partial charge is 0.511 e. The van der Waals surface area contributed by atoms with Gasteiger partial charge in [-0.3, -0.25) is 19.2 Å². The molecule has 2 amide bonds. The highest BCUT2D eigenvalue weighted by molar-refractivity contribution is 6.22. The summed E-state index contributed by atoms with van der Waals surface area (Å²) in [6, 6.07) is 11.1. The first-order valence-corrected chi connectivity index (χ1v) is 49.6. The number of fused-ring (bicyclic) bond motifs is 11. The maximum atomic E-state index is 14.7. The predicted octanol–water partition coefficient (Wildman–Crippen LogP) is 26.0. The number of esters is 2. The number of nitrogens with one attached hydrogen (secondary N) is 4. The number of hydrogen-bond acceptors (Lipinski definition) is 16. The Hall–Kier alpha value is -10.4. The van der Waals surface area contributed by atoms with Gasteiger partial charge < -0.3 is 41.0 Å². The number of ether oxygens (including phenoxy) is 2. The Kier molecular flexibility index (Phi) is 33.2. The lowest BCUT2D eigenvalue weighted by Crippen LogP contribution is -2.26. The van der Waals surface area contributed by atoms with E-state index in [1.807, 2.05) is 86.7 Å². The normalized spacial score (nSPS) is 20.2. The van der Waals surface area contributed by atoms with Crippen molar-refractivity contribution in [1.29, 1.82) is 0 Å². The van der Waals surface area contributed by atoms with Gasteiger partial charge in [-0.2, -0.15) is 0 Å². The fraction of sp³-hybridized carbons (Fsp3) is 0.527. The van der Waals surface area contributed by atoms with Crippen LogP contribution in [0.15, 0.2) is 250 Å². The molecule has 12 aliphatic rings. The molecular formula is C110H142N10O8. The van der Waals surface area contributed by atoms with Crippen LogP contribution in [0.4, 0.5) is 0 Å². The molecule has 2 aromatic rings. The molecule has 10 heterocycles. The van der Waals surface area contributed by atoms with E-state index in [4.69, 9.17) is 39.4 Å². The molecule has 4 atom stereocenters. The lowest BCUT2D eigenvalue weighted by molar-refractivity contribution is -0.145. The lowest BCUT2D eigenvalue weighted by Gasteiger charge is -2.17. The Bertz CT molecular complexity index is 5050. The van der Waals surface area contributed by atoms with E-state index in [9.17, 15) is 29.4 Å². The van der Waals surface area contributed by atoms with E-state index < -0.39 is 0 Å². The summed E-state index contributed by atoms with van der Waals surface area (Å²) >= 11 is 0. The Morgan fingerprint density at radius 3 is 1.05 bits per heavy atom. The van der Waals surface area contributed by atoms with Gasteiger partial charge in [0.05, 0.1) is 81.7 Å². The molecule has 0 unspecified atom stereocenters. The van der Waals surface area contributed by atoms with Crippen molar-refractivity contribution < 1.29 is 38.9 Å². The molecule has 16 bridgehead atoms. The van der Waals surface area contributed by atoms with E-state index in [2.05, 4.69) is 88.8 Å². The average Bonchev–Trinajstić information content (AvgIpc) is 1.59. The zero-order valence-corrected chi connectivity index (χ0v) is 78.5. The van der Waals surface area contributed by atoms with Gasteiger partial charge in [-0.1, -0.05) is 246 Å². The van der Waals surface area contributed by atoms with E-state index in [-0.39, 0.29) is 84.9 Å². The molecule has 128 heavy (non-hydrogen) atoms. The van der Waals surface area contributed by atoms with Gasteiger partial charge in [0.15, 0.2) is 0 Å². The molecule has 680 valence electrons. The number of aliphatic imine (C=N–C) groups is 6. The Morgan fingerprint density at radius 1 is 0.391 bits per heavy atom. The summed E-state index contributed by atoms with van der Waals surface area (Å²) in [4.78, 5) is 88.4. The molecule has 2 saturated heterocycles. The number of allylic oxidation sites excluding steroid dienone is 22. The summed E-state index contributed by atoms with van der Waals surface area (Å²) in [7, 11) is 0. The van der Waals surface area contributed by atoms with E-state index in [1.165, 1.54) is 167 Å². The molecule has 10 aliphatic heterocycles. The highest BCUT2D eigenvalue weighted by Crippen LogP contribution is 2.48. The summed E-state index contributed by atoms with van der Waals surface area (Å²) in [6.45, 7) is 22.6. The van der Waals surface area contributed by atoms with E-state index in [0.717, 1.165) is 186 Å². The number of amides is 2. The number of benzene rings is 2. The summed E-state index contributed by atoms with van der Waals surface area (Å²) < 4.78 is 11.8. The SMILES string of the molecule is CCCCCCCCCCCCCCCCCCOC(=O)CC[C@@H]1C2=C3CC(O)=C4C=C(C=C5N=C(C=C6N=C(C=C(N2)[C@H]1C)C(C)=C6CNC(=O)c1ccc2ccc(C(=O)NCC6=C(C)C7=NC6=CC6=NC(=CC8=CC9=C(O)CC(=C%10NC(=C7)[C@@H](C)[C@@H]%10CCC(=O)OCCCCCCCCCCCCCCCCCC)C9=N8)C(CC)=C6C)cc2c1)C(C)=C5CC)N=C43. The minimum Gasteiger partial charge on any atom is -0.511 e. The van der Waals surface area contributed by atoms with Gasteiger partial charge in [0.1, 0.15) is 11.5 Å². The van der Waals surface area contributed by atoms with Crippen LogP contribution in [0.2, 0.25) is 0 Å². The van der Waals surface area contributed by atoms with Crippen LogP contribution in [0.5, 0.6) is 0 Å². The van der Waals surface area contributed by atoms with Crippen LogP contribution >= 0.6 is 0 Å². The van der Waals surface area contributed by atoms with Gasteiger partial charge in [-0.25, -0.2) is 30.0 Å². The van der Waals surface area contributed by atoms with Crippen molar-refractivity contribution in [2.24, 2.45) is 53.6 Å². The second-order valence-electron chi connectivity index (χ2n) is 37.7. The van der Waals surface area contributed by atoms with Crippen LogP contribution in [0.1, 0.15) is 347 Å². The number of carbonyl (C=O) groups excluding carboxylic acids is 4. The Labute approximate surface area is 762 Å². The summed E-state index contributed by atoms with van der Waals surface area (Å²) in [5.41, 5.74) is 24.5. The molecule has 0 aromatic heterocycles. The number of aliphatic hydroxyl groups is 2. The van der Waals surface area contributed by atoms with Crippen LogP contribution in [-0.4, -0.2) is 94.5 Å². The maximum absolute atomic E-state index is 14.7. The van der Waals surface area contributed by atoms with Crippen LogP contribution in [0.3, 0.4) is 0 Å². The van der Waals surface area contributed by atoms with E-state index in [1.54, 1.807) is 0 Å². The van der Waals surface area contributed by atoms with Crippen molar-refractivity contribution >= 4 is 68.8 Å². The number of unbranched alkanes of at least 4 members (excludes halogenated alkanes) is 30. The van der Waals surface area contributed by atoms with Crippen LogP contribution in [0.25, 0.3) is 10.8 Å². The first kappa shape index (κ1) is 93.8. The number of nitrogens with zero attached hydrogens (tertiary/aromatic N) is 6. The molecule has 18 heteroatoms. The van der Waals surface area contributed by atoms with Gasteiger partial charge in [-0.05, 0) is 183 Å². The quantitative estimate of drug-likeness (QED) is 0.0270. The second kappa shape index (κ2) is 45.3. The fourth-order valence-corrected chi connectivity index (χ4v) is 20.6. The minimum atomic E-state index is -0.291. The Balaban J connectivity index is 0.627. The van der Waals surface area contributed by atoms with E-state index in [0.29, 0.717) is 84.0 Å². The smallest absolute Gasteiger partial charge is 0.305 e. The first-order chi connectivity index (χ1) is 62.3. The molecule has 18 nitrogen and oxygen atoms in total. The third-order valence-electron chi connectivity index (χ3n) is 28.6. The third-order valence-corrected chi connectivity index (χ3v) is 28.6. The van der Waals surface area contributed by atoms with Crippen LogP contribution in [-0.2, 0) is 19.1 Å². The van der Waals surface area contributed by atoms with Crippen molar-refractivity contribution in [3.05, 3.63) is 231 Å². The molecule has 14 rings (SSSR count). The average molecular weight is 1730 g/mol. The number of hydrogen-bond donors (Lipinski definition) is 6. The lowest BCUT2D eigenvalue weighted by atomic mass is 9.86. The molecular weight excluding hydrogens is 1590 g/mol. The Morgan fingerprint density at radius 2 is 0.711 bits per heavy atom. The van der Waals surface area contributed by atoms with Crippen LogP contribution < -0.4 is 21.3 Å². The highest BCUT2D eigenvalue weighted by atomic mass is 16.5. The topological polar surface area (TPSA) is 249 Å². The molecule has 2 aromatic carbocycles. The molecule has 0 radical (unpaired) electrons. The zero-order chi connectivity index (χ0) is 89.7. The highest BCUT2D eigenvalue weighted by Gasteiger charge is 2.43. The van der Waals surface area contributed by atoms with Crippen molar-refractivity contribution in [1.82, 2.24) is 21.3 Å². The van der Waals surface area contributed by atoms with Gasteiger partial charge in [0, 0.05) is 130 Å². The second-order valence-corrected chi connectivity index (χ2v) is 37.7. The van der Waals surface area contributed by atoms with Gasteiger partial charge >= 0.3 is 11.9 Å². The van der Waals surface area contributed by atoms with Crippen molar-refractivity contribution in [2.75, 3.05) is 26.3 Å². The number of aliphatic hydroxyl groups excluding tert-OH is 2. The van der Waals surface area contributed by atoms with Gasteiger partial charge in [0.25, 0.3) is 11.8 Å². The summed E-state index contributed by atoms with van der Waals surface area (Å²) in [6.07, 6.45) is 61.0. The maximum Gasteiger partial charge on any atom is 0.305 e. The first-order valence-electron chi connectivity index (χ1n) is 49.6. The summed E-state index contributed by atoms with van der Waals surface area (Å²) in [5.74, 6) is -0.805. The molecule has 2 fully saturated rings. The van der Waals surface area contributed by atoms with E-state index >= 15 is 0 Å². The number of rotatable bonds is 48. The van der Waals surface area contributed by atoms with Crippen molar-refractivity contribution in [3.8, 4) is 0 Å². The minimum absolute atomic E-state index is 0.0694. The number of carbonyl (C=O) groups is 4. The molecule has 6 N–H and O–H groups in total. The monoisotopic (exact) mass is 1730 g/mol. The fourth-order valence-electron chi connectivity index (χ4n) is 20.6. The predicted molar refractivity (Wildman–Crippen MR) is 523 cm³/mol. The standard InChI is InChI=1S/C110H142N10O8/c1-11-15-17-19-21-23-25-27-29-31-33-35-37-39-41-43-53-127-103(123)51-49-83-71(7)95-63-91-73(9)89(99(117-91)65-93-69(5)81(13-3)97(115-93)59-79-57-85-101(121)61-87(105(83)119-95)107(85)113-79)67-111-109(125)76-47-45-75-46-48-77(56-78(75)55-76)110(126)112-68-90-74(10)92-64-96-72(8)84(50-52-104(124)128-54-44-42-40-38-36-34-32-30-28-26-24-22-20-18-16-12-2)106(120-96)88-62-102(122)86-58-80(114-108(86)88)60-98-82(14-4)70(6)94(116-98)66-100(90)118-92/h45-48,55-60,63-66,71-72,83-84,119-122H,11-44,49-54,61-62,67-68H2,1-10H3,(H,111,125)(H,112,126)/t71-,72-,83-,84-/m0/s1. The zero-order valence-electron chi connectivity index (χ0n) is 78.5. The van der Waals surface area contributed by atoms with Gasteiger partial charge in [0.2, 0.25) is 0 Å². The molecule has 0 saturated carbocycles. The molecule has 2 aliphatic carbocycles. The van der Waals surface area contributed by atoms with Gasteiger partial charge in [-0.15, -0.1) is 0 Å².